The lowest BCUT2D eigenvalue weighted by Gasteiger charge is -2.22. The van der Waals surface area contributed by atoms with Crippen molar-refractivity contribution in [2.45, 2.75) is 61.3 Å². The third-order valence-corrected chi connectivity index (χ3v) is 8.97. The van der Waals surface area contributed by atoms with E-state index in [4.69, 9.17) is 0 Å². The zero-order valence-corrected chi connectivity index (χ0v) is 27.0. The maximum Gasteiger partial charge on any atom is 0.0342 e. The molecule has 5 aromatic rings. The van der Waals surface area contributed by atoms with Crippen molar-refractivity contribution >= 4 is 23.3 Å². The molecule has 0 atom stereocenters. The lowest BCUT2D eigenvalue weighted by atomic mass is 9.82. The third kappa shape index (κ3) is 6.98. The predicted molar refractivity (Wildman–Crippen MR) is 189 cm³/mol. The lowest BCUT2D eigenvalue weighted by Crippen LogP contribution is -2.06. The second-order valence-electron chi connectivity index (χ2n) is 12.4. The largest absolute Gasteiger partial charge is 0.0590 e. The number of aryl methyl sites for hydroxylation is 6. The van der Waals surface area contributed by atoms with E-state index >= 15 is 0 Å². The Morgan fingerprint density at radius 3 is 1.28 bits per heavy atom. The normalized spacial score (nSPS) is 12.8. The van der Waals surface area contributed by atoms with Gasteiger partial charge in [0.25, 0.3) is 0 Å². The summed E-state index contributed by atoms with van der Waals surface area (Å²) in [4.78, 5) is 0. The summed E-state index contributed by atoms with van der Waals surface area (Å²) in [6, 6.07) is 38.6. The predicted octanol–water partition coefficient (Wildman–Crippen LogP) is 11.8. The molecule has 5 rings (SSSR count). The number of hydrogen-bond donors (Lipinski definition) is 0. The first-order valence-electron chi connectivity index (χ1n) is 15.4. The van der Waals surface area contributed by atoms with Crippen LogP contribution in [0.4, 0.5) is 0 Å². The Labute approximate surface area is 259 Å². The van der Waals surface area contributed by atoms with E-state index in [1.54, 1.807) is 0 Å². The summed E-state index contributed by atoms with van der Waals surface area (Å²) in [6.07, 6.45) is 4.58. The molecule has 0 aliphatic carbocycles. The van der Waals surface area contributed by atoms with Crippen molar-refractivity contribution in [3.8, 4) is 0 Å². The zero-order valence-electron chi connectivity index (χ0n) is 27.0. The van der Waals surface area contributed by atoms with Gasteiger partial charge in [-0.1, -0.05) is 121 Å². The third-order valence-electron chi connectivity index (χ3n) is 8.97. The maximum atomic E-state index is 2.31. The molecule has 0 nitrogen and oxygen atoms in total. The molecule has 0 radical (unpaired) electrons. The van der Waals surface area contributed by atoms with Gasteiger partial charge in [0.1, 0.15) is 0 Å². The van der Waals surface area contributed by atoms with Crippen molar-refractivity contribution in [3.05, 3.63) is 175 Å². The first kappa shape index (κ1) is 30.1. The van der Waals surface area contributed by atoms with Crippen LogP contribution in [0.5, 0.6) is 0 Å². The minimum atomic E-state index is 0.165. The van der Waals surface area contributed by atoms with E-state index in [0.29, 0.717) is 0 Å². The first-order valence-corrected chi connectivity index (χ1v) is 15.4. The van der Waals surface area contributed by atoms with Gasteiger partial charge in [-0.15, -0.1) is 0 Å². The molecule has 0 saturated heterocycles. The van der Waals surface area contributed by atoms with Gasteiger partial charge in [0.05, 0.1) is 0 Å². The second kappa shape index (κ2) is 12.8. The fourth-order valence-corrected chi connectivity index (χ4v) is 5.91. The fraction of sp³-hybridized carbons (Fsp3) is 0.209. The number of benzene rings is 5. The SMILES string of the molecule is CC(=Cc1ccc(C(c2ccc(C=C(C)c3ccc(C)c(C)c3)cc2)c2ccc(C)cc2C)cc1)c1ccc(C)c(C)c1. The Kier molecular flexibility index (Phi) is 8.97. The van der Waals surface area contributed by atoms with Crippen LogP contribution in [0.1, 0.15) is 92.1 Å². The summed E-state index contributed by atoms with van der Waals surface area (Å²) in [5.74, 6) is 0.165. The van der Waals surface area contributed by atoms with Crippen LogP contribution in [-0.2, 0) is 0 Å². The van der Waals surface area contributed by atoms with Crippen molar-refractivity contribution in [1.29, 1.82) is 0 Å². The van der Waals surface area contributed by atoms with E-state index in [1.807, 2.05) is 0 Å². The highest BCUT2D eigenvalue weighted by atomic mass is 14.2. The fourth-order valence-electron chi connectivity index (χ4n) is 5.91. The summed E-state index contributed by atoms with van der Waals surface area (Å²) < 4.78 is 0. The van der Waals surface area contributed by atoms with E-state index in [-0.39, 0.29) is 5.92 Å². The molecule has 0 saturated carbocycles. The average molecular weight is 561 g/mol. The summed E-state index contributed by atoms with van der Waals surface area (Å²) in [5.41, 5.74) is 19.5. The van der Waals surface area contributed by atoms with Crippen LogP contribution >= 0.6 is 0 Å². The van der Waals surface area contributed by atoms with E-state index in [9.17, 15) is 0 Å². The Bertz CT molecular complexity index is 1700. The molecule has 0 spiro atoms. The van der Waals surface area contributed by atoms with Crippen molar-refractivity contribution in [2.24, 2.45) is 0 Å². The molecule has 216 valence electrons. The van der Waals surface area contributed by atoms with Crippen LogP contribution in [0.2, 0.25) is 0 Å². The highest BCUT2D eigenvalue weighted by Gasteiger charge is 2.19. The lowest BCUT2D eigenvalue weighted by molar-refractivity contribution is 0.960. The van der Waals surface area contributed by atoms with Gasteiger partial charge in [0, 0.05) is 5.92 Å². The molecule has 0 bridgehead atoms. The van der Waals surface area contributed by atoms with Crippen LogP contribution in [0, 0.1) is 41.5 Å². The van der Waals surface area contributed by atoms with Gasteiger partial charge in [-0.25, -0.2) is 0 Å². The quantitative estimate of drug-likeness (QED) is 0.137. The van der Waals surface area contributed by atoms with Crippen LogP contribution in [0.25, 0.3) is 23.3 Å². The monoisotopic (exact) mass is 560 g/mol. The molecule has 0 heteroatoms. The van der Waals surface area contributed by atoms with Gasteiger partial charge in [-0.05, 0) is 133 Å². The topological polar surface area (TPSA) is 0 Å². The minimum Gasteiger partial charge on any atom is -0.0590 e. The minimum absolute atomic E-state index is 0.165. The Hall–Kier alpha value is -4.42. The first-order chi connectivity index (χ1) is 20.6. The Morgan fingerprint density at radius 1 is 0.442 bits per heavy atom. The van der Waals surface area contributed by atoms with Crippen LogP contribution in [0.3, 0.4) is 0 Å². The molecule has 0 unspecified atom stereocenters. The summed E-state index contributed by atoms with van der Waals surface area (Å²) in [6.45, 7) is 17.5. The number of allylic oxidation sites excluding steroid dienone is 2. The van der Waals surface area contributed by atoms with Crippen molar-refractivity contribution < 1.29 is 0 Å². The van der Waals surface area contributed by atoms with Crippen LogP contribution in [-0.4, -0.2) is 0 Å². The standard InChI is InChI=1S/C43H44/c1-28-9-22-42(35(8)23-28)43(38-18-12-36(13-19-38)24-33(6)40-16-10-29(2)31(4)26-40)39-20-14-37(15-21-39)25-34(7)41-17-11-30(3)32(5)27-41/h9-27,43H,1-8H3. The van der Waals surface area contributed by atoms with Gasteiger partial charge in [-0.2, -0.15) is 0 Å². The van der Waals surface area contributed by atoms with Gasteiger partial charge in [0.2, 0.25) is 0 Å². The second-order valence-corrected chi connectivity index (χ2v) is 12.4. The van der Waals surface area contributed by atoms with Crippen LogP contribution < -0.4 is 0 Å². The zero-order chi connectivity index (χ0) is 30.7. The number of rotatable bonds is 7. The molecular weight excluding hydrogens is 516 g/mol. The van der Waals surface area contributed by atoms with Gasteiger partial charge < -0.3 is 0 Å². The average Bonchev–Trinajstić information content (AvgIpc) is 2.98. The molecule has 0 N–H and O–H groups in total. The molecule has 43 heavy (non-hydrogen) atoms. The van der Waals surface area contributed by atoms with Gasteiger partial charge in [0.15, 0.2) is 0 Å². The van der Waals surface area contributed by atoms with E-state index in [0.717, 1.165) is 0 Å². The summed E-state index contributed by atoms with van der Waals surface area (Å²) in [7, 11) is 0. The highest BCUT2D eigenvalue weighted by molar-refractivity contribution is 5.81. The summed E-state index contributed by atoms with van der Waals surface area (Å²) >= 11 is 0. The molecule has 0 heterocycles. The van der Waals surface area contributed by atoms with Gasteiger partial charge >= 0.3 is 0 Å². The summed E-state index contributed by atoms with van der Waals surface area (Å²) in [5, 5.41) is 0. The number of hydrogen-bond acceptors (Lipinski definition) is 0. The smallest absolute Gasteiger partial charge is 0.0342 e. The van der Waals surface area contributed by atoms with Crippen molar-refractivity contribution in [3.63, 3.8) is 0 Å². The van der Waals surface area contributed by atoms with E-state index in [2.05, 4.69) is 171 Å². The van der Waals surface area contributed by atoms with E-state index < -0.39 is 0 Å². The van der Waals surface area contributed by atoms with Crippen molar-refractivity contribution in [2.75, 3.05) is 0 Å². The van der Waals surface area contributed by atoms with Crippen LogP contribution in [0.15, 0.2) is 103 Å². The highest BCUT2D eigenvalue weighted by Crippen LogP contribution is 2.35. The molecule has 0 aliphatic rings. The Morgan fingerprint density at radius 2 is 0.884 bits per heavy atom. The van der Waals surface area contributed by atoms with Crippen molar-refractivity contribution in [1.82, 2.24) is 0 Å². The van der Waals surface area contributed by atoms with E-state index in [1.165, 1.54) is 83.5 Å². The molecular formula is C43H44. The maximum absolute atomic E-state index is 2.31. The van der Waals surface area contributed by atoms with Gasteiger partial charge in [-0.3, -0.25) is 0 Å². The Balaban J connectivity index is 1.47. The molecule has 5 aromatic carbocycles. The molecule has 0 aromatic heterocycles. The molecule has 0 aliphatic heterocycles. The molecule has 0 amide bonds. The molecule has 0 fully saturated rings.